The number of amides is 1. The van der Waals surface area contributed by atoms with Gasteiger partial charge in [-0.05, 0) is 46.1 Å². The number of hydrogen-bond acceptors (Lipinski definition) is 2. The van der Waals surface area contributed by atoms with Gasteiger partial charge in [-0.15, -0.1) is 0 Å². The van der Waals surface area contributed by atoms with Crippen molar-refractivity contribution in [3.63, 3.8) is 0 Å². The molecule has 5 heteroatoms. The maximum Gasteiger partial charge on any atom is 0.311 e. The van der Waals surface area contributed by atoms with E-state index in [0.29, 0.717) is 31.5 Å². The summed E-state index contributed by atoms with van der Waals surface area (Å²) in [6, 6.07) is 1.82. The fourth-order valence-electron chi connectivity index (χ4n) is 3.39. The lowest BCUT2D eigenvalue weighted by Gasteiger charge is -2.39. The first-order chi connectivity index (χ1) is 10.7. The Morgan fingerprint density at radius 2 is 2.04 bits per heavy atom. The van der Waals surface area contributed by atoms with Gasteiger partial charge in [-0.3, -0.25) is 9.59 Å². The van der Waals surface area contributed by atoms with Gasteiger partial charge in [-0.25, -0.2) is 0 Å². The molecule has 2 heterocycles. The van der Waals surface area contributed by atoms with Crippen LogP contribution in [0.4, 0.5) is 0 Å². The van der Waals surface area contributed by atoms with Gasteiger partial charge in [0, 0.05) is 31.0 Å². The Morgan fingerprint density at radius 1 is 1.35 bits per heavy atom. The molecule has 0 radical (unpaired) electrons. The van der Waals surface area contributed by atoms with Crippen LogP contribution in [-0.4, -0.2) is 39.5 Å². The van der Waals surface area contributed by atoms with E-state index in [1.165, 1.54) is 0 Å². The van der Waals surface area contributed by atoms with Gasteiger partial charge in [0.05, 0.1) is 11.0 Å². The maximum atomic E-state index is 12.8. The Labute approximate surface area is 138 Å². The van der Waals surface area contributed by atoms with E-state index in [1.807, 2.05) is 30.0 Å². The Balaban J connectivity index is 2.19. The monoisotopic (exact) mass is 320 g/mol. The lowest BCUT2D eigenvalue weighted by molar-refractivity contribution is -0.152. The Bertz CT molecular complexity index is 581. The van der Waals surface area contributed by atoms with Crippen LogP contribution in [0.2, 0.25) is 0 Å². The summed E-state index contributed by atoms with van der Waals surface area (Å²) in [5.74, 6) is -0.835. The first-order valence-electron chi connectivity index (χ1n) is 8.41. The summed E-state index contributed by atoms with van der Waals surface area (Å²) in [5.41, 5.74) is -0.222. The molecule has 0 saturated carbocycles. The molecular weight excluding hydrogens is 292 g/mol. The molecular formula is C18H28N2O3. The summed E-state index contributed by atoms with van der Waals surface area (Å²) < 4.78 is 2.01. The fourth-order valence-corrected chi connectivity index (χ4v) is 3.39. The summed E-state index contributed by atoms with van der Waals surface area (Å²) >= 11 is 0. The van der Waals surface area contributed by atoms with Crippen LogP contribution in [0.3, 0.4) is 0 Å². The van der Waals surface area contributed by atoms with Crippen LogP contribution in [0.15, 0.2) is 18.5 Å². The van der Waals surface area contributed by atoms with Gasteiger partial charge in [0.15, 0.2) is 0 Å². The summed E-state index contributed by atoms with van der Waals surface area (Å²) in [4.78, 5) is 26.3. The zero-order chi connectivity index (χ0) is 17.3. The molecule has 23 heavy (non-hydrogen) atoms. The third-order valence-corrected chi connectivity index (χ3v) is 4.76. The van der Waals surface area contributed by atoms with Crippen molar-refractivity contribution in [2.45, 2.75) is 58.9 Å². The third-order valence-electron chi connectivity index (χ3n) is 4.76. The van der Waals surface area contributed by atoms with Crippen molar-refractivity contribution < 1.29 is 14.7 Å². The molecule has 0 bridgehead atoms. The quantitative estimate of drug-likeness (QED) is 0.925. The number of hydrogen-bond donors (Lipinski definition) is 1. The number of carbonyl (C=O) groups is 2. The topological polar surface area (TPSA) is 62.5 Å². The highest BCUT2D eigenvalue weighted by atomic mass is 16.4. The summed E-state index contributed by atoms with van der Waals surface area (Å²) in [6.45, 7) is 9.19. The van der Waals surface area contributed by atoms with E-state index in [4.69, 9.17) is 0 Å². The minimum absolute atomic E-state index is 0.0607. The van der Waals surface area contributed by atoms with Crippen LogP contribution < -0.4 is 0 Å². The molecule has 128 valence electrons. The molecule has 1 aromatic heterocycles. The number of piperidine rings is 1. The number of aromatic nitrogens is 1. The molecule has 0 aliphatic carbocycles. The van der Waals surface area contributed by atoms with E-state index in [0.717, 1.165) is 12.8 Å². The lowest BCUT2D eigenvalue weighted by atomic mass is 9.76. The van der Waals surface area contributed by atoms with Gasteiger partial charge < -0.3 is 14.6 Å². The standard InChI is InChI=1S/C18H28N2O3/c1-5-8-18(16(22)23)9-6-10-19(13-18)15(21)14-7-11-20(12-14)17(2,3)4/h7,11-12H,5-6,8-10,13H2,1-4H3,(H,22,23). The normalized spacial score (nSPS) is 22.2. The number of carboxylic acid groups (broad SMARTS) is 1. The minimum Gasteiger partial charge on any atom is -0.481 e. The van der Waals surface area contributed by atoms with Gasteiger partial charge in [-0.2, -0.15) is 0 Å². The van der Waals surface area contributed by atoms with Gasteiger partial charge in [0.2, 0.25) is 0 Å². The van der Waals surface area contributed by atoms with Gasteiger partial charge >= 0.3 is 5.97 Å². The predicted molar refractivity (Wildman–Crippen MR) is 89.5 cm³/mol. The molecule has 2 rings (SSSR count). The zero-order valence-electron chi connectivity index (χ0n) is 14.6. The van der Waals surface area contributed by atoms with E-state index >= 15 is 0 Å². The zero-order valence-corrected chi connectivity index (χ0v) is 14.6. The molecule has 1 aromatic rings. The van der Waals surface area contributed by atoms with Crippen molar-refractivity contribution in [2.24, 2.45) is 5.41 Å². The Morgan fingerprint density at radius 3 is 2.57 bits per heavy atom. The lowest BCUT2D eigenvalue weighted by Crippen LogP contribution is -2.49. The van der Waals surface area contributed by atoms with E-state index in [1.54, 1.807) is 4.90 Å². The molecule has 1 atom stereocenters. The first-order valence-corrected chi connectivity index (χ1v) is 8.41. The van der Waals surface area contributed by atoms with Gasteiger partial charge in [0.25, 0.3) is 5.91 Å². The summed E-state index contributed by atoms with van der Waals surface area (Å²) in [6.07, 6.45) is 6.61. The molecule has 5 nitrogen and oxygen atoms in total. The molecule has 0 spiro atoms. The van der Waals surface area contributed by atoms with Crippen LogP contribution in [0.5, 0.6) is 0 Å². The first kappa shape index (κ1) is 17.6. The maximum absolute atomic E-state index is 12.8. The van der Waals surface area contributed by atoms with Crippen molar-refractivity contribution in [3.8, 4) is 0 Å². The predicted octanol–water partition coefficient (Wildman–Crippen LogP) is 3.35. The molecule has 1 N–H and O–H groups in total. The van der Waals surface area contributed by atoms with Crippen LogP contribution in [0.1, 0.15) is 63.7 Å². The van der Waals surface area contributed by atoms with E-state index in [-0.39, 0.29) is 11.4 Å². The number of aliphatic carboxylic acids is 1. The van der Waals surface area contributed by atoms with Crippen LogP contribution in [0.25, 0.3) is 0 Å². The largest absolute Gasteiger partial charge is 0.481 e. The molecule has 0 aromatic carbocycles. The van der Waals surface area contributed by atoms with Crippen LogP contribution >= 0.6 is 0 Å². The third kappa shape index (κ3) is 3.59. The molecule has 1 aliphatic heterocycles. The van der Waals surface area contributed by atoms with E-state index < -0.39 is 11.4 Å². The number of carbonyl (C=O) groups excluding carboxylic acids is 1. The minimum atomic E-state index is -0.782. The Hall–Kier alpha value is -1.78. The summed E-state index contributed by atoms with van der Waals surface area (Å²) in [5, 5.41) is 9.66. The van der Waals surface area contributed by atoms with Gasteiger partial charge in [0.1, 0.15) is 0 Å². The average Bonchev–Trinajstić information content (AvgIpc) is 2.96. The highest BCUT2D eigenvalue weighted by Crippen LogP contribution is 2.35. The highest BCUT2D eigenvalue weighted by Gasteiger charge is 2.43. The highest BCUT2D eigenvalue weighted by molar-refractivity contribution is 5.94. The number of nitrogens with zero attached hydrogens (tertiary/aromatic N) is 2. The average molecular weight is 320 g/mol. The second kappa shape index (κ2) is 6.38. The van der Waals surface area contributed by atoms with E-state index in [9.17, 15) is 14.7 Å². The number of carboxylic acids is 1. The fraction of sp³-hybridized carbons (Fsp3) is 0.667. The van der Waals surface area contributed by atoms with Crippen molar-refractivity contribution in [1.82, 2.24) is 9.47 Å². The second-order valence-electron chi connectivity index (χ2n) is 7.64. The van der Waals surface area contributed by atoms with E-state index in [2.05, 4.69) is 20.8 Å². The number of likely N-dealkylation sites (tertiary alicyclic amines) is 1. The van der Waals surface area contributed by atoms with Gasteiger partial charge in [-0.1, -0.05) is 13.3 Å². The van der Waals surface area contributed by atoms with Crippen molar-refractivity contribution in [2.75, 3.05) is 13.1 Å². The van der Waals surface area contributed by atoms with Crippen molar-refractivity contribution >= 4 is 11.9 Å². The SMILES string of the molecule is CCCC1(C(=O)O)CCCN(C(=O)c2ccn(C(C)(C)C)c2)C1. The smallest absolute Gasteiger partial charge is 0.311 e. The van der Waals surface area contributed by atoms with Crippen molar-refractivity contribution in [1.29, 1.82) is 0 Å². The molecule has 1 fully saturated rings. The van der Waals surface area contributed by atoms with Crippen molar-refractivity contribution in [3.05, 3.63) is 24.0 Å². The van der Waals surface area contributed by atoms with Crippen LogP contribution in [-0.2, 0) is 10.3 Å². The Kier molecular flexibility index (Phi) is 4.87. The summed E-state index contributed by atoms with van der Waals surface area (Å²) in [7, 11) is 0. The molecule has 1 saturated heterocycles. The number of rotatable bonds is 4. The molecule has 1 unspecified atom stereocenters. The van der Waals surface area contributed by atoms with Crippen LogP contribution in [0, 0.1) is 5.41 Å². The second-order valence-corrected chi connectivity index (χ2v) is 7.64. The molecule has 1 aliphatic rings. The molecule has 1 amide bonds.